The van der Waals surface area contributed by atoms with Crippen LogP contribution in [0.4, 0.5) is 0 Å². The van der Waals surface area contributed by atoms with Gasteiger partial charge in [-0.15, -0.1) is 0 Å². The Bertz CT molecular complexity index is 850. The Morgan fingerprint density at radius 2 is 1.50 bits per heavy atom. The molecule has 1 heterocycles. The Kier molecular flexibility index (Phi) is 5.80. The average Bonchev–Trinajstić information content (AvgIpc) is 2.69. The van der Waals surface area contributed by atoms with Crippen LogP contribution in [-0.2, 0) is 6.42 Å². The SMILES string of the molecule is CCCCCc1ccc(-c2ccc(-c3ccc(C(=O)O)cc3)nc2)cc1. The molecule has 0 saturated carbocycles. The van der Waals surface area contributed by atoms with Gasteiger partial charge in [-0.25, -0.2) is 4.79 Å². The molecule has 0 atom stereocenters. The number of carbonyl (C=O) groups is 1. The fourth-order valence-corrected chi connectivity index (χ4v) is 2.96. The number of pyridine rings is 1. The first-order valence-corrected chi connectivity index (χ1v) is 9.06. The van der Waals surface area contributed by atoms with Gasteiger partial charge in [0.25, 0.3) is 0 Å². The van der Waals surface area contributed by atoms with Crippen LogP contribution in [0.25, 0.3) is 22.4 Å². The molecule has 3 nitrogen and oxygen atoms in total. The summed E-state index contributed by atoms with van der Waals surface area (Å²) in [6.07, 6.45) is 6.77. The van der Waals surface area contributed by atoms with E-state index in [9.17, 15) is 4.79 Å². The first kappa shape index (κ1) is 17.9. The quantitative estimate of drug-likeness (QED) is 0.547. The lowest BCUT2D eigenvalue weighted by atomic mass is 10.0. The highest BCUT2D eigenvalue weighted by molar-refractivity contribution is 5.88. The maximum Gasteiger partial charge on any atom is 0.335 e. The molecule has 0 saturated heterocycles. The summed E-state index contributed by atoms with van der Waals surface area (Å²) in [5.74, 6) is -0.919. The summed E-state index contributed by atoms with van der Waals surface area (Å²) in [6.45, 7) is 2.22. The fraction of sp³-hybridized carbons (Fsp3) is 0.217. The predicted octanol–water partition coefficient (Wildman–Crippen LogP) is 5.85. The molecule has 0 fully saturated rings. The molecular weight excluding hydrogens is 322 g/mol. The Labute approximate surface area is 154 Å². The molecule has 1 aromatic heterocycles. The molecule has 0 spiro atoms. The molecule has 0 radical (unpaired) electrons. The third-order valence-electron chi connectivity index (χ3n) is 4.55. The summed E-state index contributed by atoms with van der Waals surface area (Å²) in [4.78, 5) is 15.5. The lowest BCUT2D eigenvalue weighted by molar-refractivity contribution is 0.0697. The molecule has 0 amide bonds. The van der Waals surface area contributed by atoms with Gasteiger partial charge in [-0.1, -0.05) is 62.2 Å². The van der Waals surface area contributed by atoms with E-state index in [1.807, 2.05) is 12.3 Å². The first-order chi connectivity index (χ1) is 12.7. The molecule has 3 heteroatoms. The summed E-state index contributed by atoms with van der Waals surface area (Å²) in [5, 5.41) is 8.97. The lowest BCUT2D eigenvalue weighted by Gasteiger charge is -2.06. The van der Waals surface area contributed by atoms with Gasteiger partial charge >= 0.3 is 5.97 Å². The van der Waals surface area contributed by atoms with Crippen LogP contribution in [0, 0.1) is 0 Å². The number of carboxylic acid groups (broad SMARTS) is 1. The molecule has 132 valence electrons. The highest BCUT2D eigenvalue weighted by Crippen LogP contribution is 2.23. The summed E-state index contributed by atoms with van der Waals surface area (Å²) in [6, 6.07) is 19.5. The zero-order chi connectivity index (χ0) is 18.4. The van der Waals surface area contributed by atoms with Gasteiger partial charge in [0.15, 0.2) is 0 Å². The summed E-state index contributed by atoms with van der Waals surface area (Å²) < 4.78 is 0. The van der Waals surface area contributed by atoms with Crippen molar-refractivity contribution in [1.29, 1.82) is 0 Å². The second kappa shape index (κ2) is 8.43. The highest BCUT2D eigenvalue weighted by Gasteiger charge is 2.05. The number of hydrogen-bond donors (Lipinski definition) is 1. The molecule has 2 aromatic carbocycles. The number of nitrogens with zero attached hydrogens (tertiary/aromatic N) is 1. The normalized spacial score (nSPS) is 10.7. The van der Waals surface area contributed by atoms with Gasteiger partial charge in [0.1, 0.15) is 0 Å². The van der Waals surface area contributed by atoms with E-state index in [1.165, 1.54) is 24.8 Å². The summed E-state index contributed by atoms with van der Waals surface area (Å²) >= 11 is 0. The molecule has 1 N–H and O–H groups in total. The number of benzene rings is 2. The van der Waals surface area contributed by atoms with E-state index in [0.29, 0.717) is 0 Å². The van der Waals surface area contributed by atoms with E-state index < -0.39 is 5.97 Å². The molecule has 0 aliphatic heterocycles. The number of aromatic nitrogens is 1. The van der Waals surface area contributed by atoms with E-state index in [1.54, 1.807) is 24.3 Å². The number of carboxylic acids is 1. The van der Waals surface area contributed by atoms with Crippen molar-refractivity contribution < 1.29 is 9.90 Å². The Balaban J connectivity index is 1.71. The zero-order valence-corrected chi connectivity index (χ0v) is 15.0. The van der Waals surface area contributed by atoms with Crippen LogP contribution in [0.3, 0.4) is 0 Å². The standard InChI is InChI=1S/C23H23NO2/c1-2-3-4-5-17-6-8-18(9-7-17)21-14-15-22(24-16-21)19-10-12-20(13-11-19)23(25)26/h6-16H,2-5H2,1H3,(H,25,26). The number of rotatable bonds is 7. The van der Waals surface area contributed by atoms with Crippen molar-refractivity contribution >= 4 is 5.97 Å². The molecule has 3 aromatic rings. The van der Waals surface area contributed by atoms with Crippen LogP contribution >= 0.6 is 0 Å². The lowest BCUT2D eigenvalue weighted by Crippen LogP contribution is -1.95. The highest BCUT2D eigenvalue weighted by atomic mass is 16.4. The number of aromatic carboxylic acids is 1. The van der Waals surface area contributed by atoms with Gasteiger partial charge in [-0.05, 0) is 42.2 Å². The van der Waals surface area contributed by atoms with Gasteiger partial charge in [0.05, 0.1) is 11.3 Å². The Morgan fingerprint density at radius 1 is 0.846 bits per heavy atom. The van der Waals surface area contributed by atoms with E-state index in [-0.39, 0.29) is 5.56 Å². The van der Waals surface area contributed by atoms with Crippen LogP contribution in [0.5, 0.6) is 0 Å². The van der Waals surface area contributed by atoms with Crippen molar-refractivity contribution in [2.75, 3.05) is 0 Å². The van der Waals surface area contributed by atoms with Crippen molar-refractivity contribution in [3.63, 3.8) is 0 Å². The van der Waals surface area contributed by atoms with Gasteiger partial charge in [0, 0.05) is 17.3 Å². The van der Waals surface area contributed by atoms with E-state index in [2.05, 4.69) is 42.2 Å². The van der Waals surface area contributed by atoms with Crippen molar-refractivity contribution in [3.05, 3.63) is 78.0 Å². The van der Waals surface area contributed by atoms with E-state index in [4.69, 9.17) is 5.11 Å². The molecular formula is C23H23NO2. The van der Waals surface area contributed by atoms with Crippen molar-refractivity contribution in [2.45, 2.75) is 32.6 Å². The number of unbranched alkanes of at least 4 members (excludes halogenated alkanes) is 2. The molecule has 0 unspecified atom stereocenters. The predicted molar refractivity (Wildman–Crippen MR) is 105 cm³/mol. The Hall–Kier alpha value is -2.94. The van der Waals surface area contributed by atoms with Crippen LogP contribution in [-0.4, -0.2) is 16.1 Å². The number of aryl methyl sites for hydroxylation is 1. The molecule has 3 rings (SSSR count). The van der Waals surface area contributed by atoms with Gasteiger partial charge in [0.2, 0.25) is 0 Å². The largest absolute Gasteiger partial charge is 0.478 e. The molecule has 0 aliphatic rings. The molecule has 26 heavy (non-hydrogen) atoms. The maximum atomic E-state index is 10.9. The first-order valence-electron chi connectivity index (χ1n) is 9.06. The van der Waals surface area contributed by atoms with Crippen molar-refractivity contribution in [3.8, 4) is 22.4 Å². The van der Waals surface area contributed by atoms with Crippen LogP contribution < -0.4 is 0 Å². The average molecular weight is 345 g/mol. The van der Waals surface area contributed by atoms with Crippen molar-refractivity contribution in [1.82, 2.24) is 4.98 Å². The minimum atomic E-state index is -0.919. The zero-order valence-electron chi connectivity index (χ0n) is 15.0. The van der Waals surface area contributed by atoms with E-state index >= 15 is 0 Å². The smallest absolute Gasteiger partial charge is 0.335 e. The number of hydrogen-bond acceptors (Lipinski definition) is 2. The summed E-state index contributed by atoms with van der Waals surface area (Å²) in [5.41, 5.74) is 5.64. The van der Waals surface area contributed by atoms with E-state index in [0.717, 1.165) is 28.8 Å². The van der Waals surface area contributed by atoms with Crippen molar-refractivity contribution in [2.24, 2.45) is 0 Å². The second-order valence-electron chi connectivity index (χ2n) is 6.47. The van der Waals surface area contributed by atoms with Gasteiger partial charge in [-0.2, -0.15) is 0 Å². The van der Waals surface area contributed by atoms with Crippen LogP contribution in [0.2, 0.25) is 0 Å². The minimum absolute atomic E-state index is 0.282. The monoisotopic (exact) mass is 345 g/mol. The Morgan fingerprint density at radius 3 is 2.08 bits per heavy atom. The minimum Gasteiger partial charge on any atom is -0.478 e. The molecule has 0 bridgehead atoms. The van der Waals surface area contributed by atoms with Crippen LogP contribution in [0.1, 0.15) is 42.1 Å². The molecule has 0 aliphatic carbocycles. The third kappa shape index (κ3) is 4.37. The van der Waals surface area contributed by atoms with Crippen LogP contribution in [0.15, 0.2) is 66.9 Å². The van der Waals surface area contributed by atoms with Gasteiger partial charge < -0.3 is 5.11 Å². The fourth-order valence-electron chi connectivity index (χ4n) is 2.96. The topological polar surface area (TPSA) is 50.2 Å². The summed E-state index contributed by atoms with van der Waals surface area (Å²) in [7, 11) is 0. The maximum absolute atomic E-state index is 10.9. The second-order valence-corrected chi connectivity index (χ2v) is 6.47. The third-order valence-corrected chi connectivity index (χ3v) is 4.55. The van der Waals surface area contributed by atoms with Gasteiger partial charge in [-0.3, -0.25) is 4.98 Å².